The highest BCUT2D eigenvalue weighted by molar-refractivity contribution is 7.99. The van der Waals surface area contributed by atoms with E-state index in [1.54, 1.807) is 11.8 Å². The van der Waals surface area contributed by atoms with Crippen molar-refractivity contribution in [2.45, 2.75) is 43.5 Å². The highest BCUT2D eigenvalue weighted by atomic mass is 32.2. The number of aryl methyl sites for hydroxylation is 2. The maximum atomic E-state index is 4.92. The van der Waals surface area contributed by atoms with E-state index >= 15 is 0 Å². The zero-order chi connectivity index (χ0) is 31.4. The molecule has 4 nitrogen and oxygen atoms in total. The van der Waals surface area contributed by atoms with Crippen molar-refractivity contribution in [1.82, 2.24) is 18.7 Å². The summed E-state index contributed by atoms with van der Waals surface area (Å²) in [5, 5.41) is 2.46. The van der Waals surface area contributed by atoms with Crippen LogP contribution >= 0.6 is 11.8 Å². The van der Waals surface area contributed by atoms with Crippen molar-refractivity contribution >= 4 is 44.6 Å². The van der Waals surface area contributed by atoms with E-state index in [4.69, 9.17) is 4.98 Å². The Kier molecular flexibility index (Phi) is 6.99. The Hall–Kier alpha value is -5.13. The highest BCUT2D eigenvalue weighted by Gasteiger charge is 2.19. The fourth-order valence-corrected chi connectivity index (χ4v) is 7.72. The van der Waals surface area contributed by atoms with Gasteiger partial charge in [0.15, 0.2) is 17.4 Å². The Balaban J connectivity index is 1.22. The molecule has 8 rings (SSSR count). The van der Waals surface area contributed by atoms with E-state index in [2.05, 4.69) is 169 Å². The quantitative estimate of drug-likeness (QED) is 0.174. The lowest BCUT2D eigenvalue weighted by molar-refractivity contribution is 0.612. The predicted molar refractivity (Wildman–Crippen MR) is 194 cm³/mol. The molecule has 0 atom stereocenters. The van der Waals surface area contributed by atoms with Crippen molar-refractivity contribution < 1.29 is 0 Å². The molecule has 0 amide bonds. The third-order valence-electron chi connectivity index (χ3n) is 8.94. The third-order valence-corrected chi connectivity index (χ3v) is 9.92. The van der Waals surface area contributed by atoms with Gasteiger partial charge in [0.05, 0.1) is 17.1 Å². The Labute approximate surface area is 273 Å². The van der Waals surface area contributed by atoms with Crippen LogP contribution in [0.5, 0.6) is 0 Å². The van der Waals surface area contributed by atoms with E-state index in [-0.39, 0.29) is 0 Å². The first-order valence-corrected chi connectivity index (χ1v) is 16.6. The number of fused-ring (bicyclic) bond motifs is 4. The number of aromatic nitrogens is 4. The van der Waals surface area contributed by atoms with Crippen LogP contribution in [0.4, 0.5) is 0 Å². The van der Waals surface area contributed by atoms with E-state index in [1.165, 1.54) is 53.9 Å². The van der Waals surface area contributed by atoms with Gasteiger partial charge >= 0.3 is 0 Å². The third kappa shape index (κ3) is 4.79. The van der Waals surface area contributed by atoms with Gasteiger partial charge in [-0.25, -0.2) is 9.55 Å². The largest absolute Gasteiger partial charge is 0.294 e. The van der Waals surface area contributed by atoms with E-state index in [0.717, 1.165) is 22.5 Å². The molecule has 46 heavy (non-hydrogen) atoms. The second-order valence-electron chi connectivity index (χ2n) is 12.3. The normalized spacial score (nSPS) is 11.8. The van der Waals surface area contributed by atoms with Gasteiger partial charge in [-0.1, -0.05) is 54.2 Å². The van der Waals surface area contributed by atoms with Crippen LogP contribution < -0.4 is 0 Å². The zero-order valence-electron chi connectivity index (χ0n) is 26.5. The summed E-state index contributed by atoms with van der Waals surface area (Å²) in [7, 11) is 0. The number of benzene rings is 5. The molecule has 0 saturated heterocycles. The lowest BCUT2D eigenvalue weighted by Gasteiger charge is -2.13. The molecule has 0 saturated carbocycles. The summed E-state index contributed by atoms with van der Waals surface area (Å²) in [5.41, 5.74) is 10.9. The minimum atomic E-state index is 0.373. The molecule has 8 aromatic rings. The summed E-state index contributed by atoms with van der Waals surface area (Å²) in [6.07, 6.45) is 4.17. The average molecular weight is 616 g/mol. The van der Waals surface area contributed by atoms with Gasteiger partial charge in [-0.05, 0) is 105 Å². The Morgan fingerprint density at radius 3 is 2.13 bits per heavy atom. The maximum absolute atomic E-state index is 4.92. The van der Waals surface area contributed by atoms with Crippen molar-refractivity contribution in [3.05, 3.63) is 145 Å². The van der Waals surface area contributed by atoms with Crippen LogP contribution in [0.15, 0.2) is 144 Å². The summed E-state index contributed by atoms with van der Waals surface area (Å²) in [4.78, 5) is 7.30. The van der Waals surface area contributed by atoms with Gasteiger partial charge in [0.25, 0.3) is 0 Å². The number of nitrogens with zero attached hydrogens (tertiary/aromatic N) is 4. The molecule has 0 unspecified atom stereocenters. The molecule has 0 bridgehead atoms. The first-order valence-electron chi connectivity index (χ1n) is 15.8. The van der Waals surface area contributed by atoms with Gasteiger partial charge < -0.3 is 0 Å². The van der Waals surface area contributed by atoms with Crippen molar-refractivity contribution in [2.75, 3.05) is 0 Å². The summed E-state index contributed by atoms with van der Waals surface area (Å²) in [6, 6.07) is 44.2. The molecule has 3 heterocycles. The van der Waals surface area contributed by atoms with Crippen LogP contribution in [0, 0.1) is 13.8 Å². The van der Waals surface area contributed by atoms with Crippen molar-refractivity contribution in [1.29, 1.82) is 0 Å². The van der Waals surface area contributed by atoms with Crippen molar-refractivity contribution in [3.8, 4) is 22.6 Å². The van der Waals surface area contributed by atoms with E-state index in [0.29, 0.717) is 6.04 Å². The average Bonchev–Trinajstić information content (AvgIpc) is 3.61. The van der Waals surface area contributed by atoms with Gasteiger partial charge in [-0.3, -0.25) is 4.57 Å². The topological polar surface area (TPSA) is 27.7 Å². The molecular weight excluding hydrogens is 581 g/mol. The molecule has 0 aliphatic rings. The molecule has 224 valence electrons. The molecule has 5 heteroatoms. The molecule has 0 fully saturated rings. The first kappa shape index (κ1) is 28.4. The molecule has 0 aliphatic carbocycles. The SMILES string of the molecule is Cc1cccc(C)c1-c1ccnc(-n2c3ccccc3c3ccc(Sc4cccc(-n5[cH+]n(C(C)C)c6ccccc65)c4)cc32)c1. The summed E-state index contributed by atoms with van der Waals surface area (Å²) >= 11 is 1.79. The standard InChI is InChI=1S/C41H35N4S/c1-27(2)43-26-44(38-18-8-7-17-37(38)43)31-13-10-14-32(24-31)46-33-19-20-35-34-15-5-6-16-36(34)45(39(35)25-33)40-23-30(21-22-42-40)41-28(3)11-9-12-29(41)4/h5-27H,1-4H3/q+1. The van der Waals surface area contributed by atoms with Crippen LogP contribution in [0.2, 0.25) is 0 Å². The van der Waals surface area contributed by atoms with Gasteiger partial charge in [-0.15, -0.1) is 0 Å². The molecule has 5 aromatic carbocycles. The number of hydrogen-bond donors (Lipinski definition) is 0. The molecule has 0 radical (unpaired) electrons. The maximum Gasteiger partial charge on any atom is 0.191 e. The number of para-hydroxylation sites is 3. The fourth-order valence-electron chi connectivity index (χ4n) is 6.81. The van der Waals surface area contributed by atoms with E-state index < -0.39 is 0 Å². The second kappa shape index (κ2) is 11.3. The van der Waals surface area contributed by atoms with Crippen LogP contribution in [-0.4, -0.2) is 18.7 Å². The minimum Gasteiger partial charge on any atom is -0.294 e. The van der Waals surface area contributed by atoms with Crippen LogP contribution in [-0.2, 0) is 0 Å². The number of imidazole rings is 1. The van der Waals surface area contributed by atoms with Crippen LogP contribution in [0.1, 0.15) is 31.0 Å². The van der Waals surface area contributed by atoms with Gasteiger partial charge in [0, 0.05) is 51.0 Å². The fraction of sp³-hybridized carbons (Fsp3) is 0.122. The molecule has 0 spiro atoms. The molecule has 0 N–H and O–H groups in total. The monoisotopic (exact) mass is 615 g/mol. The second-order valence-corrected chi connectivity index (χ2v) is 13.4. The van der Waals surface area contributed by atoms with Crippen molar-refractivity contribution in [2.24, 2.45) is 0 Å². The lowest BCUT2D eigenvalue weighted by atomic mass is 9.96. The van der Waals surface area contributed by atoms with Crippen LogP contribution in [0.3, 0.4) is 0 Å². The Morgan fingerprint density at radius 2 is 1.33 bits per heavy atom. The van der Waals surface area contributed by atoms with E-state index in [9.17, 15) is 0 Å². The summed E-state index contributed by atoms with van der Waals surface area (Å²) < 4.78 is 6.96. The Bertz CT molecular complexity index is 2390. The summed E-state index contributed by atoms with van der Waals surface area (Å²) in [5.74, 6) is 0.924. The molecular formula is C41H35N4S+. The molecule has 0 aliphatic heterocycles. The van der Waals surface area contributed by atoms with Gasteiger partial charge in [0.1, 0.15) is 11.5 Å². The smallest absolute Gasteiger partial charge is 0.191 e. The number of pyridine rings is 1. The Morgan fingerprint density at radius 1 is 0.630 bits per heavy atom. The number of hydrogen-bond acceptors (Lipinski definition) is 2. The van der Waals surface area contributed by atoms with Crippen LogP contribution in [0.25, 0.3) is 55.5 Å². The number of rotatable bonds is 6. The van der Waals surface area contributed by atoms with E-state index in [1.807, 2.05) is 6.20 Å². The van der Waals surface area contributed by atoms with Gasteiger partial charge in [-0.2, -0.15) is 4.57 Å². The first-order chi connectivity index (χ1) is 22.5. The minimum absolute atomic E-state index is 0.373. The van der Waals surface area contributed by atoms with Crippen molar-refractivity contribution in [3.63, 3.8) is 0 Å². The zero-order valence-corrected chi connectivity index (χ0v) is 27.3. The van der Waals surface area contributed by atoms with Gasteiger partial charge in [0.2, 0.25) is 0 Å². The summed E-state index contributed by atoms with van der Waals surface area (Å²) in [6.45, 7) is 8.83. The lowest BCUT2D eigenvalue weighted by Crippen LogP contribution is -1.99. The highest BCUT2D eigenvalue weighted by Crippen LogP contribution is 2.38. The predicted octanol–water partition coefficient (Wildman–Crippen LogP) is 11.2. The molecule has 3 aromatic heterocycles.